The molecule has 5 heteroatoms. The number of rotatable bonds is 4. The minimum absolute atomic E-state index is 0.199. The molecule has 0 saturated carbocycles. The Morgan fingerprint density at radius 1 is 1.25 bits per heavy atom. The van der Waals surface area contributed by atoms with Gasteiger partial charge in [-0.15, -0.1) is 0 Å². The minimum atomic E-state index is -0.199. The molecule has 20 heavy (non-hydrogen) atoms. The molecule has 2 aromatic heterocycles. The van der Waals surface area contributed by atoms with Gasteiger partial charge in [-0.3, -0.25) is 4.98 Å². The van der Waals surface area contributed by atoms with Crippen LogP contribution in [0.15, 0.2) is 18.5 Å². The molecule has 1 atom stereocenters. The number of aryl methyl sites for hydroxylation is 2. The van der Waals surface area contributed by atoms with Crippen molar-refractivity contribution in [3.05, 3.63) is 46.8 Å². The van der Waals surface area contributed by atoms with Crippen LogP contribution in [0.2, 0.25) is 0 Å². The Morgan fingerprint density at radius 2 is 2.00 bits per heavy atom. The van der Waals surface area contributed by atoms with E-state index in [1.807, 2.05) is 33.0 Å². The molecular formula is C15H20N4O. The fraction of sp³-hybridized carbons (Fsp3) is 0.400. The number of ether oxygens (including phenoxy) is 1. The summed E-state index contributed by atoms with van der Waals surface area (Å²) in [6.45, 7) is 5.84. The van der Waals surface area contributed by atoms with Gasteiger partial charge in [0.25, 0.3) is 0 Å². The van der Waals surface area contributed by atoms with Crippen LogP contribution in [0.1, 0.15) is 34.4 Å². The lowest BCUT2D eigenvalue weighted by molar-refractivity contribution is 0.406. The fourth-order valence-electron chi connectivity index (χ4n) is 2.27. The Morgan fingerprint density at radius 3 is 2.65 bits per heavy atom. The van der Waals surface area contributed by atoms with Crippen molar-refractivity contribution < 1.29 is 4.74 Å². The molecule has 0 radical (unpaired) electrons. The van der Waals surface area contributed by atoms with Gasteiger partial charge in [-0.2, -0.15) is 0 Å². The highest BCUT2D eigenvalue weighted by Gasteiger charge is 2.15. The second kappa shape index (κ2) is 5.96. The largest absolute Gasteiger partial charge is 0.496 e. The number of nitrogens with two attached hydrogens (primary N) is 1. The molecule has 0 fully saturated rings. The van der Waals surface area contributed by atoms with E-state index in [2.05, 4.69) is 15.0 Å². The van der Waals surface area contributed by atoms with E-state index in [9.17, 15) is 0 Å². The summed E-state index contributed by atoms with van der Waals surface area (Å²) < 4.78 is 5.42. The summed E-state index contributed by atoms with van der Waals surface area (Å²) in [5, 5.41) is 0. The average Bonchev–Trinajstić information content (AvgIpc) is 2.42. The number of nitrogens with zero attached hydrogens (tertiary/aromatic N) is 3. The molecule has 106 valence electrons. The van der Waals surface area contributed by atoms with E-state index in [1.54, 1.807) is 13.3 Å². The van der Waals surface area contributed by atoms with Crippen LogP contribution < -0.4 is 10.5 Å². The predicted molar refractivity (Wildman–Crippen MR) is 77.7 cm³/mol. The van der Waals surface area contributed by atoms with E-state index < -0.39 is 0 Å². The number of hydrogen-bond donors (Lipinski definition) is 1. The van der Waals surface area contributed by atoms with Crippen LogP contribution in [-0.2, 0) is 6.42 Å². The van der Waals surface area contributed by atoms with Gasteiger partial charge in [0, 0.05) is 35.6 Å². The predicted octanol–water partition coefficient (Wildman–Crippen LogP) is 2.05. The minimum Gasteiger partial charge on any atom is -0.496 e. The topological polar surface area (TPSA) is 73.9 Å². The van der Waals surface area contributed by atoms with Crippen molar-refractivity contribution in [2.45, 2.75) is 33.2 Å². The maximum Gasteiger partial charge on any atom is 0.128 e. The molecule has 2 heterocycles. The zero-order chi connectivity index (χ0) is 14.7. The van der Waals surface area contributed by atoms with Gasteiger partial charge in [0.1, 0.15) is 11.6 Å². The summed E-state index contributed by atoms with van der Waals surface area (Å²) >= 11 is 0. The molecule has 5 nitrogen and oxygen atoms in total. The van der Waals surface area contributed by atoms with E-state index in [0.717, 1.165) is 34.1 Å². The molecule has 0 bridgehead atoms. The van der Waals surface area contributed by atoms with Gasteiger partial charge in [-0.1, -0.05) is 0 Å². The highest BCUT2D eigenvalue weighted by Crippen LogP contribution is 2.26. The molecule has 2 rings (SSSR count). The quantitative estimate of drug-likeness (QED) is 0.922. The zero-order valence-electron chi connectivity index (χ0n) is 12.3. The Kier molecular flexibility index (Phi) is 4.29. The van der Waals surface area contributed by atoms with Crippen LogP contribution in [0.25, 0.3) is 0 Å². The Balaban J connectivity index is 2.26. The van der Waals surface area contributed by atoms with Crippen LogP contribution in [0.3, 0.4) is 0 Å². The summed E-state index contributed by atoms with van der Waals surface area (Å²) in [5.41, 5.74) is 10.1. The second-order valence-corrected chi connectivity index (χ2v) is 4.89. The number of aromatic nitrogens is 3. The van der Waals surface area contributed by atoms with Gasteiger partial charge >= 0.3 is 0 Å². The summed E-state index contributed by atoms with van der Waals surface area (Å²) in [7, 11) is 1.67. The normalized spacial score (nSPS) is 12.2. The van der Waals surface area contributed by atoms with Gasteiger partial charge in [0.05, 0.1) is 18.8 Å². The van der Waals surface area contributed by atoms with E-state index in [-0.39, 0.29) is 6.04 Å². The summed E-state index contributed by atoms with van der Waals surface area (Å²) in [5.74, 6) is 1.60. The van der Waals surface area contributed by atoms with Gasteiger partial charge < -0.3 is 10.5 Å². The average molecular weight is 272 g/mol. The first kappa shape index (κ1) is 14.4. The lowest BCUT2D eigenvalue weighted by Gasteiger charge is -2.15. The van der Waals surface area contributed by atoms with Gasteiger partial charge in [-0.05, 0) is 26.8 Å². The standard InChI is InChI=1S/C15H20N4O/c1-9-8-18-14(10(2)15(9)20-4)7-12(16)13-5-6-17-11(3)19-13/h5-6,8,12H,7,16H2,1-4H3. The van der Waals surface area contributed by atoms with E-state index in [0.29, 0.717) is 6.42 Å². The van der Waals surface area contributed by atoms with Crippen molar-refractivity contribution in [3.63, 3.8) is 0 Å². The van der Waals surface area contributed by atoms with Crippen molar-refractivity contribution in [2.75, 3.05) is 7.11 Å². The smallest absolute Gasteiger partial charge is 0.128 e. The highest BCUT2D eigenvalue weighted by molar-refractivity contribution is 5.41. The van der Waals surface area contributed by atoms with Crippen LogP contribution in [0.4, 0.5) is 0 Å². The van der Waals surface area contributed by atoms with Gasteiger partial charge in [0.2, 0.25) is 0 Å². The molecule has 0 saturated heterocycles. The van der Waals surface area contributed by atoms with Gasteiger partial charge in [0.15, 0.2) is 0 Å². The van der Waals surface area contributed by atoms with Gasteiger partial charge in [-0.25, -0.2) is 9.97 Å². The van der Waals surface area contributed by atoms with E-state index in [1.165, 1.54) is 0 Å². The van der Waals surface area contributed by atoms with Crippen LogP contribution in [0, 0.1) is 20.8 Å². The number of hydrogen-bond acceptors (Lipinski definition) is 5. The van der Waals surface area contributed by atoms with Crippen molar-refractivity contribution in [1.82, 2.24) is 15.0 Å². The highest BCUT2D eigenvalue weighted by atomic mass is 16.5. The first-order valence-electron chi connectivity index (χ1n) is 6.57. The molecule has 1 unspecified atom stereocenters. The maximum atomic E-state index is 6.22. The molecule has 2 aromatic rings. The number of methoxy groups -OCH3 is 1. The molecule has 0 aliphatic heterocycles. The third-order valence-electron chi connectivity index (χ3n) is 3.34. The first-order valence-corrected chi connectivity index (χ1v) is 6.57. The lowest BCUT2D eigenvalue weighted by atomic mass is 10.0. The van der Waals surface area contributed by atoms with Crippen LogP contribution in [0.5, 0.6) is 5.75 Å². The number of pyridine rings is 1. The Bertz CT molecular complexity index is 613. The Labute approximate surface area is 119 Å². The molecule has 0 amide bonds. The van der Waals surface area contributed by atoms with E-state index in [4.69, 9.17) is 10.5 Å². The maximum absolute atomic E-state index is 6.22. The molecule has 2 N–H and O–H groups in total. The summed E-state index contributed by atoms with van der Waals surface area (Å²) in [6, 6.07) is 1.65. The monoisotopic (exact) mass is 272 g/mol. The summed E-state index contributed by atoms with van der Waals surface area (Å²) in [4.78, 5) is 12.9. The Hall–Kier alpha value is -2.01. The SMILES string of the molecule is COc1c(C)cnc(CC(N)c2ccnc(C)n2)c1C. The molecule has 0 aliphatic carbocycles. The van der Waals surface area contributed by atoms with E-state index >= 15 is 0 Å². The molecular weight excluding hydrogens is 252 g/mol. The van der Waals surface area contributed by atoms with Crippen molar-refractivity contribution >= 4 is 0 Å². The summed E-state index contributed by atoms with van der Waals surface area (Å²) in [6.07, 6.45) is 4.17. The first-order chi connectivity index (χ1) is 9.52. The zero-order valence-corrected chi connectivity index (χ0v) is 12.3. The fourth-order valence-corrected chi connectivity index (χ4v) is 2.27. The van der Waals surface area contributed by atoms with Crippen molar-refractivity contribution in [1.29, 1.82) is 0 Å². The van der Waals surface area contributed by atoms with Crippen molar-refractivity contribution in [2.24, 2.45) is 5.73 Å². The van der Waals surface area contributed by atoms with Crippen molar-refractivity contribution in [3.8, 4) is 5.75 Å². The van der Waals surface area contributed by atoms with Crippen LogP contribution >= 0.6 is 0 Å². The second-order valence-electron chi connectivity index (χ2n) is 4.89. The molecule has 0 aliphatic rings. The third kappa shape index (κ3) is 2.93. The lowest BCUT2D eigenvalue weighted by Crippen LogP contribution is -2.17. The molecule has 0 spiro atoms. The third-order valence-corrected chi connectivity index (χ3v) is 3.34. The van der Waals surface area contributed by atoms with Crippen LogP contribution in [-0.4, -0.2) is 22.1 Å². The molecule has 0 aromatic carbocycles.